The molecule has 1 aliphatic rings. The van der Waals surface area contributed by atoms with Gasteiger partial charge in [0.25, 0.3) is 0 Å². The van der Waals surface area contributed by atoms with Crippen molar-refractivity contribution in [3.63, 3.8) is 0 Å². The van der Waals surface area contributed by atoms with Crippen LogP contribution in [0.25, 0.3) is 0 Å². The number of methoxy groups -OCH3 is 2. The standard InChI is InChI=1S/C14H25N3O3/c1-18-11(10-15)9-12-16-13(17-20-12)14(19-2)7-5-3-4-6-8-14/h11H,3-10,15H2,1-2H3. The fourth-order valence-electron chi connectivity index (χ4n) is 2.80. The third-order valence-electron chi connectivity index (χ3n) is 4.18. The number of aromatic nitrogens is 2. The summed E-state index contributed by atoms with van der Waals surface area (Å²) in [5, 5.41) is 4.14. The lowest BCUT2D eigenvalue weighted by Gasteiger charge is -2.27. The summed E-state index contributed by atoms with van der Waals surface area (Å²) in [6.45, 7) is 0.434. The molecule has 2 rings (SSSR count). The Hall–Kier alpha value is -0.980. The zero-order valence-corrected chi connectivity index (χ0v) is 12.4. The Labute approximate surface area is 120 Å². The summed E-state index contributed by atoms with van der Waals surface area (Å²) in [4.78, 5) is 4.52. The predicted molar refractivity (Wildman–Crippen MR) is 74.2 cm³/mol. The molecule has 0 saturated heterocycles. The van der Waals surface area contributed by atoms with Gasteiger partial charge in [0.1, 0.15) is 5.60 Å². The lowest BCUT2D eigenvalue weighted by Crippen LogP contribution is -2.29. The molecule has 20 heavy (non-hydrogen) atoms. The van der Waals surface area contributed by atoms with E-state index in [-0.39, 0.29) is 11.7 Å². The highest BCUT2D eigenvalue weighted by molar-refractivity contribution is 5.03. The van der Waals surface area contributed by atoms with Crippen molar-refractivity contribution < 1.29 is 14.0 Å². The van der Waals surface area contributed by atoms with Gasteiger partial charge in [-0.15, -0.1) is 0 Å². The molecule has 1 heterocycles. The van der Waals surface area contributed by atoms with Crippen LogP contribution in [0.5, 0.6) is 0 Å². The van der Waals surface area contributed by atoms with E-state index in [0.717, 1.165) is 25.7 Å². The van der Waals surface area contributed by atoms with Gasteiger partial charge in [-0.1, -0.05) is 30.8 Å². The quantitative estimate of drug-likeness (QED) is 0.801. The zero-order valence-electron chi connectivity index (χ0n) is 12.4. The predicted octanol–water partition coefficient (Wildman–Crippen LogP) is 1.78. The molecule has 0 amide bonds. The lowest BCUT2D eigenvalue weighted by molar-refractivity contribution is -0.0365. The Morgan fingerprint density at radius 1 is 1.25 bits per heavy atom. The highest BCUT2D eigenvalue weighted by Crippen LogP contribution is 2.37. The van der Waals surface area contributed by atoms with Gasteiger partial charge in [0.05, 0.1) is 12.5 Å². The second-order valence-corrected chi connectivity index (χ2v) is 5.42. The van der Waals surface area contributed by atoms with E-state index in [4.69, 9.17) is 19.7 Å². The summed E-state index contributed by atoms with van der Waals surface area (Å²) < 4.78 is 16.4. The van der Waals surface area contributed by atoms with Crippen LogP contribution in [0, 0.1) is 0 Å². The number of rotatable bonds is 6. The first-order valence-electron chi connectivity index (χ1n) is 7.35. The van der Waals surface area contributed by atoms with E-state index in [2.05, 4.69) is 10.1 Å². The average Bonchev–Trinajstić information content (AvgIpc) is 2.81. The van der Waals surface area contributed by atoms with Gasteiger partial charge in [0.15, 0.2) is 0 Å². The van der Waals surface area contributed by atoms with E-state index in [9.17, 15) is 0 Å². The van der Waals surface area contributed by atoms with Gasteiger partial charge in [-0.3, -0.25) is 0 Å². The minimum absolute atomic E-state index is 0.0871. The maximum Gasteiger partial charge on any atom is 0.229 e. The van der Waals surface area contributed by atoms with Crippen molar-refractivity contribution in [3.8, 4) is 0 Å². The molecule has 1 saturated carbocycles. The fourth-order valence-corrected chi connectivity index (χ4v) is 2.80. The zero-order chi connectivity index (χ0) is 14.4. The van der Waals surface area contributed by atoms with Crippen molar-refractivity contribution in [3.05, 3.63) is 11.7 Å². The molecule has 1 aliphatic carbocycles. The van der Waals surface area contributed by atoms with Crippen molar-refractivity contribution in [2.45, 2.75) is 56.7 Å². The van der Waals surface area contributed by atoms with Crippen LogP contribution in [-0.2, 0) is 21.5 Å². The van der Waals surface area contributed by atoms with Gasteiger partial charge < -0.3 is 19.7 Å². The van der Waals surface area contributed by atoms with E-state index in [1.807, 2.05) is 0 Å². The summed E-state index contributed by atoms with van der Waals surface area (Å²) >= 11 is 0. The molecule has 1 unspecified atom stereocenters. The number of nitrogens with zero attached hydrogens (tertiary/aromatic N) is 2. The molecule has 1 fully saturated rings. The van der Waals surface area contributed by atoms with Crippen molar-refractivity contribution in [2.24, 2.45) is 5.73 Å². The molecule has 6 nitrogen and oxygen atoms in total. The Morgan fingerprint density at radius 2 is 1.95 bits per heavy atom. The maximum atomic E-state index is 5.77. The van der Waals surface area contributed by atoms with Crippen LogP contribution >= 0.6 is 0 Å². The molecule has 0 spiro atoms. The Kier molecular flexibility index (Phi) is 5.51. The number of nitrogens with two attached hydrogens (primary N) is 1. The topological polar surface area (TPSA) is 83.4 Å². The monoisotopic (exact) mass is 283 g/mol. The molecular weight excluding hydrogens is 258 g/mol. The molecule has 1 aromatic heterocycles. The van der Waals surface area contributed by atoms with Crippen molar-refractivity contribution >= 4 is 0 Å². The van der Waals surface area contributed by atoms with E-state index in [1.165, 1.54) is 12.8 Å². The largest absolute Gasteiger partial charge is 0.380 e. The first-order valence-corrected chi connectivity index (χ1v) is 7.35. The Balaban J connectivity index is 2.12. The molecule has 6 heteroatoms. The van der Waals surface area contributed by atoms with E-state index < -0.39 is 0 Å². The first kappa shape index (κ1) is 15.4. The van der Waals surface area contributed by atoms with Crippen LogP contribution in [-0.4, -0.2) is 37.0 Å². The highest BCUT2D eigenvalue weighted by Gasteiger charge is 2.37. The second-order valence-electron chi connectivity index (χ2n) is 5.42. The molecule has 0 bridgehead atoms. The van der Waals surface area contributed by atoms with Gasteiger partial charge in [0, 0.05) is 20.8 Å². The minimum atomic E-state index is -0.385. The van der Waals surface area contributed by atoms with Crippen molar-refractivity contribution in [1.82, 2.24) is 10.1 Å². The fraction of sp³-hybridized carbons (Fsp3) is 0.857. The summed E-state index contributed by atoms with van der Waals surface area (Å²) in [6, 6.07) is 0. The maximum absolute atomic E-state index is 5.77. The number of hydrogen-bond donors (Lipinski definition) is 1. The second kappa shape index (κ2) is 7.15. The molecule has 114 valence electrons. The van der Waals surface area contributed by atoms with E-state index >= 15 is 0 Å². The van der Waals surface area contributed by atoms with Crippen LogP contribution in [0.2, 0.25) is 0 Å². The van der Waals surface area contributed by atoms with Gasteiger partial charge in [0.2, 0.25) is 11.7 Å². The van der Waals surface area contributed by atoms with Gasteiger partial charge in [-0.05, 0) is 12.8 Å². The summed E-state index contributed by atoms with van der Waals surface area (Å²) in [5.74, 6) is 1.24. The molecule has 0 aromatic carbocycles. The third kappa shape index (κ3) is 3.37. The molecule has 1 atom stereocenters. The van der Waals surface area contributed by atoms with Gasteiger partial charge in [-0.25, -0.2) is 0 Å². The SMILES string of the molecule is COC(CN)Cc1nc(C2(OC)CCCCCC2)no1. The summed E-state index contributed by atoms with van der Waals surface area (Å²) in [7, 11) is 3.37. The summed E-state index contributed by atoms with van der Waals surface area (Å²) in [6.07, 6.45) is 7.13. The van der Waals surface area contributed by atoms with Crippen LogP contribution in [0.15, 0.2) is 4.52 Å². The van der Waals surface area contributed by atoms with Crippen molar-refractivity contribution in [2.75, 3.05) is 20.8 Å². The summed E-state index contributed by atoms with van der Waals surface area (Å²) in [5.41, 5.74) is 5.23. The smallest absolute Gasteiger partial charge is 0.229 e. The Bertz CT molecular complexity index is 396. The average molecular weight is 283 g/mol. The van der Waals surface area contributed by atoms with Crippen molar-refractivity contribution in [1.29, 1.82) is 0 Å². The molecule has 1 aromatic rings. The molecular formula is C14H25N3O3. The number of hydrogen-bond acceptors (Lipinski definition) is 6. The normalized spacial score (nSPS) is 20.6. The Morgan fingerprint density at radius 3 is 2.50 bits per heavy atom. The van der Waals surface area contributed by atoms with Gasteiger partial charge >= 0.3 is 0 Å². The molecule has 0 aliphatic heterocycles. The minimum Gasteiger partial charge on any atom is -0.380 e. The van der Waals surface area contributed by atoms with E-state index in [1.54, 1.807) is 14.2 Å². The lowest BCUT2D eigenvalue weighted by atomic mass is 9.93. The van der Waals surface area contributed by atoms with Crippen LogP contribution in [0.4, 0.5) is 0 Å². The molecule has 2 N–H and O–H groups in total. The van der Waals surface area contributed by atoms with Crippen LogP contribution in [0.3, 0.4) is 0 Å². The first-order chi connectivity index (χ1) is 9.74. The van der Waals surface area contributed by atoms with Gasteiger partial charge in [-0.2, -0.15) is 4.98 Å². The van der Waals surface area contributed by atoms with Crippen LogP contribution in [0.1, 0.15) is 50.2 Å². The highest BCUT2D eigenvalue weighted by atomic mass is 16.5. The van der Waals surface area contributed by atoms with E-state index in [0.29, 0.717) is 24.7 Å². The number of ether oxygens (including phenoxy) is 2. The molecule has 0 radical (unpaired) electrons. The third-order valence-corrected chi connectivity index (χ3v) is 4.18. The van der Waals surface area contributed by atoms with Crippen LogP contribution < -0.4 is 5.73 Å².